The first-order chi connectivity index (χ1) is 11.5. The van der Waals surface area contributed by atoms with Crippen molar-refractivity contribution in [3.63, 3.8) is 0 Å². The van der Waals surface area contributed by atoms with Gasteiger partial charge < -0.3 is 5.11 Å². The fourth-order valence-electron chi connectivity index (χ4n) is 3.50. The van der Waals surface area contributed by atoms with E-state index in [0.717, 1.165) is 12.8 Å². The Labute approximate surface area is 147 Å². The van der Waals surface area contributed by atoms with E-state index in [1.807, 2.05) is 20.8 Å². The number of rotatable bonds is 3. The quantitative estimate of drug-likeness (QED) is 0.875. The van der Waals surface area contributed by atoms with Crippen molar-refractivity contribution in [1.82, 2.24) is 9.88 Å². The summed E-state index contributed by atoms with van der Waals surface area (Å²) in [6, 6.07) is 2.38. The lowest BCUT2D eigenvalue weighted by molar-refractivity contribution is -0.137. The molecule has 1 N–H and O–H groups in total. The molecule has 1 aliphatic heterocycles. The van der Waals surface area contributed by atoms with Crippen LogP contribution >= 0.6 is 0 Å². The lowest BCUT2D eigenvalue weighted by Gasteiger charge is -2.46. The molecular weight excluding hydrogens is 329 g/mol. The molecule has 2 fully saturated rings. The molecule has 0 spiro atoms. The van der Waals surface area contributed by atoms with Gasteiger partial charge in [0.1, 0.15) is 0 Å². The van der Waals surface area contributed by atoms with Crippen LogP contribution in [0.3, 0.4) is 0 Å². The van der Waals surface area contributed by atoms with Gasteiger partial charge in [0.2, 0.25) is 0 Å². The highest BCUT2D eigenvalue weighted by atomic mass is 19.4. The van der Waals surface area contributed by atoms with Crippen molar-refractivity contribution >= 4 is 0 Å². The fourth-order valence-corrected chi connectivity index (χ4v) is 3.50. The van der Waals surface area contributed by atoms with Crippen LogP contribution in [0.5, 0.6) is 0 Å². The average molecular weight is 356 g/mol. The van der Waals surface area contributed by atoms with Crippen molar-refractivity contribution < 1.29 is 18.3 Å². The number of piperidine rings is 1. The zero-order valence-corrected chi connectivity index (χ0v) is 15.2. The van der Waals surface area contributed by atoms with E-state index in [0.29, 0.717) is 43.9 Å². The minimum Gasteiger partial charge on any atom is -0.389 e. The number of aromatic nitrogens is 1. The Kier molecular flexibility index (Phi) is 4.65. The van der Waals surface area contributed by atoms with Crippen molar-refractivity contribution in [1.29, 1.82) is 0 Å². The molecule has 0 amide bonds. The third-order valence-corrected chi connectivity index (χ3v) is 5.69. The summed E-state index contributed by atoms with van der Waals surface area (Å²) in [5.41, 5.74) is -0.454. The molecule has 0 aromatic carbocycles. The Bertz CT molecular complexity index is 625. The van der Waals surface area contributed by atoms with Gasteiger partial charge >= 0.3 is 6.18 Å². The Hall–Kier alpha value is -1.14. The summed E-state index contributed by atoms with van der Waals surface area (Å²) < 4.78 is 39.5. The van der Waals surface area contributed by atoms with Gasteiger partial charge in [0.15, 0.2) is 0 Å². The average Bonchev–Trinajstić information content (AvgIpc) is 3.32. The summed E-state index contributed by atoms with van der Waals surface area (Å²) in [7, 11) is 0. The van der Waals surface area contributed by atoms with Crippen molar-refractivity contribution in [3.05, 3.63) is 29.1 Å². The first-order valence-electron chi connectivity index (χ1n) is 9.01. The van der Waals surface area contributed by atoms with Crippen molar-refractivity contribution in [2.45, 2.75) is 70.7 Å². The summed E-state index contributed by atoms with van der Waals surface area (Å²) in [6.07, 6.45) is -1.22. The first-order valence-corrected chi connectivity index (χ1v) is 9.01. The first kappa shape index (κ1) is 18.6. The Morgan fingerprint density at radius 1 is 1.16 bits per heavy atom. The highest BCUT2D eigenvalue weighted by Gasteiger charge is 2.42. The van der Waals surface area contributed by atoms with E-state index in [1.165, 1.54) is 12.1 Å². The number of halogens is 3. The Balaban J connectivity index is 1.72. The standard InChI is InChI=1S/C19H27F3N2O/c1-17(2,3)18(25)6-8-24(9-7-18)12-15-10-14(19(20,21)22)11-16(23-15)13-4-5-13/h10-11,13,25H,4-9,12H2,1-3H3. The van der Waals surface area contributed by atoms with Crippen LogP contribution in [-0.2, 0) is 12.7 Å². The van der Waals surface area contributed by atoms with Crippen LogP contribution in [0.4, 0.5) is 13.2 Å². The highest BCUT2D eigenvalue weighted by Crippen LogP contribution is 2.42. The molecule has 140 valence electrons. The summed E-state index contributed by atoms with van der Waals surface area (Å²) in [6.45, 7) is 7.83. The van der Waals surface area contributed by atoms with Gasteiger partial charge in [-0.1, -0.05) is 20.8 Å². The molecule has 0 radical (unpaired) electrons. The predicted octanol–water partition coefficient (Wildman–Crippen LogP) is 4.35. The monoisotopic (exact) mass is 356 g/mol. The van der Waals surface area contributed by atoms with E-state index >= 15 is 0 Å². The molecule has 3 rings (SSSR count). The number of hydrogen-bond acceptors (Lipinski definition) is 3. The van der Waals surface area contributed by atoms with E-state index in [-0.39, 0.29) is 11.3 Å². The summed E-state index contributed by atoms with van der Waals surface area (Å²) in [5, 5.41) is 10.8. The normalized spacial score (nSPS) is 22.2. The lowest BCUT2D eigenvalue weighted by atomic mass is 9.71. The van der Waals surface area contributed by atoms with E-state index in [2.05, 4.69) is 9.88 Å². The molecule has 1 aromatic rings. The molecule has 1 aliphatic carbocycles. The SMILES string of the molecule is CC(C)(C)C1(O)CCN(Cc2cc(C(F)(F)F)cc(C3CC3)n2)CC1. The highest BCUT2D eigenvalue weighted by molar-refractivity contribution is 5.28. The van der Waals surface area contributed by atoms with Gasteiger partial charge in [0.05, 0.1) is 16.9 Å². The van der Waals surface area contributed by atoms with Crippen LogP contribution in [0.25, 0.3) is 0 Å². The second kappa shape index (κ2) is 6.23. The van der Waals surface area contributed by atoms with Crippen molar-refractivity contribution in [3.8, 4) is 0 Å². The molecule has 2 heterocycles. The number of hydrogen-bond donors (Lipinski definition) is 1. The van der Waals surface area contributed by atoms with Crippen molar-refractivity contribution in [2.75, 3.05) is 13.1 Å². The molecule has 25 heavy (non-hydrogen) atoms. The van der Waals surface area contributed by atoms with E-state index in [1.54, 1.807) is 0 Å². The van der Waals surface area contributed by atoms with E-state index < -0.39 is 17.3 Å². The van der Waals surface area contributed by atoms with Crippen LogP contribution in [0.1, 0.15) is 69.3 Å². The Morgan fingerprint density at radius 3 is 2.24 bits per heavy atom. The van der Waals surface area contributed by atoms with Crippen LogP contribution in [0, 0.1) is 5.41 Å². The van der Waals surface area contributed by atoms with Gasteiger partial charge in [-0.15, -0.1) is 0 Å². The second-order valence-electron chi connectivity index (χ2n) is 8.60. The molecule has 6 heteroatoms. The van der Waals surface area contributed by atoms with Crippen LogP contribution < -0.4 is 0 Å². The van der Waals surface area contributed by atoms with Crippen LogP contribution in [0.15, 0.2) is 12.1 Å². The minimum absolute atomic E-state index is 0.188. The third-order valence-electron chi connectivity index (χ3n) is 5.69. The molecule has 0 unspecified atom stereocenters. The predicted molar refractivity (Wildman–Crippen MR) is 90.1 cm³/mol. The van der Waals surface area contributed by atoms with E-state index in [4.69, 9.17) is 0 Å². The summed E-state index contributed by atoms with van der Waals surface area (Å²) in [4.78, 5) is 6.58. The van der Waals surface area contributed by atoms with Gasteiger partial charge in [-0.2, -0.15) is 13.2 Å². The smallest absolute Gasteiger partial charge is 0.389 e. The van der Waals surface area contributed by atoms with Crippen LogP contribution in [0.2, 0.25) is 0 Å². The zero-order valence-electron chi connectivity index (χ0n) is 15.2. The molecule has 0 bridgehead atoms. The molecule has 1 saturated carbocycles. The maximum absolute atomic E-state index is 13.2. The maximum Gasteiger partial charge on any atom is 0.416 e. The van der Waals surface area contributed by atoms with Gasteiger partial charge in [-0.25, -0.2) is 0 Å². The van der Waals surface area contributed by atoms with E-state index in [9.17, 15) is 18.3 Å². The topological polar surface area (TPSA) is 36.4 Å². The molecule has 1 aromatic heterocycles. The molecule has 0 atom stereocenters. The molecular formula is C19H27F3N2O. The maximum atomic E-state index is 13.2. The van der Waals surface area contributed by atoms with Gasteiger partial charge in [0, 0.05) is 31.2 Å². The Morgan fingerprint density at radius 2 is 1.76 bits per heavy atom. The fraction of sp³-hybridized carbons (Fsp3) is 0.737. The minimum atomic E-state index is -4.34. The zero-order chi connectivity index (χ0) is 18.5. The van der Waals surface area contributed by atoms with Gasteiger partial charge in [-0.3, -0.25) is 9.88 Å². The number of likely N-dealkylation sites (tertiary alicyclic amines) is 1. The summed E-state index contributed by atoms with van der Waals surface area (Å²) >= 11 is 0. The summed E-state index contributed by atoms with van der Waals surface area (Å²) in [5.74, 6) is 0.188. The van der Waals surface area contributed by atoms with Gasteiger partial charge in [-0.05, 0) is 43.2 Å². The lowest BCUT2D eigenvalue weighted by Crippen LogP contribution is -2.51. The largest absolute Gasteiger partial charge is 0.416 e. The molecule has 2 aliphatic rings. The second-order valence-corrected chi connectivity index (χ2v) is 8.60. The molecule has 1 saturated heterocycles. The number of alkyl halides is 3. The van der Waals surface area contributed by atoms with Crippen LogP contribution in [-0.4, -0.2) is 33.7 Å². The van der Waals surface area contributed by atoms with Crippen molar-refractivity contribution in [2.24, 2.45) is 5.41 Å². The number of aliphatic hydroxyl groups is 1. The van der Waals surface area contributed by atoms with Gasteiger partial charge in [0.25, 0.3) is 0 Å². The molecule has 3 nitrogen and oxygen atoms in total. The number of nitrogens with zero attached hydrogens (tertiary/aromatic N) is 2. The number of pyridine rings is 1. The third kappa shape index (κ3) is 4.17.